The number of rotatable bonds is 1. The van der Waals surface area contributed by atoms with Crippen molar-refractivity contribution in [2.75, 3.05) is 0 Å². The summed E-state index contributed by atoms with van der Waals surface area (Å²) in [6, 6.07) is 41.6. The van der Waals surface area contributed by atoms with Crippen molar-refractivity contribution in [1.82, 2.24) is 14.4 Å². The Hall–Kier alpha value is -5.80. The average molecular weight is 912 g/mol. The van der Waals surface area contributed by atoms with Crippen LogP contribution in [0.25, 0.3) is 60.3 Å². The zero-order chi connectivity index (χ0) is 46.2. The van der Waals surface area contributed by atoms with Gasteiger partial charge in [0.2, 0.25) is 0 Å². The Morgan fingerprint density at radius 3 is 1.26 bits per heavy atom. The second-order valence-corrected chi connectivity index (χ2v) is 24.3. The number of nitrogens with zero attached hydrogens (tertiary/aromatic N) is 3. The molecular weight excluding hydrogens is 847 g/mol. The molecule has 4 aromatic heterocycles. The van der Waals surface area contributed by atoms with E-state index in [4.69, 9.17) is 9.97 Å². The normalized spacial score (nSPS) is 21.9. The lowest BCUT2D eigenvalue weighted by atomic mass is 9.52. The molecule has 5 aromatic carbocycles. The molecule has 0 bridgehead atoms. The Kier molecular flexibility index (Phi) is 8.30. The van der Waals surface area contributed by atoms with E-state index in [0.29, 0.717) is 0 Å². The minimum Gasteiger partial charge on any atom is -0.305 e. The van der Waals surface area contributed by atoms with E-state index in [2.05, 4.69) is 134 Å². The van der Waals surface area contributed by atoms with Crippen LogP contribution in [0.1, 0.15) is 198 Å². The van der Waals surface area contributed by atoms with Gasteiger partial charge in [0.15, 0.2) is 0 Å². The molecule has 0 N–H and O–H groups in total. The number of benzene rings is 5. The van der Waals surface area contributed by atoms with Crippen LogP contribution < -0.4 is 0 Å². The predicted octanol–water partition coefficient (Wildman–Crippen LogP) is 17.2. The number of hydrogen-bond donors (Lipinski definition) is 0. The van der Waals surface area contributed by atoms with E-state index >= 15 is 0 Å². The number of hydrogen-bond acceptors (Lipinski definition) is 2. The summed E-state index contributed by atoms with van der Waals surface area (Å²) >= 11 is 0. The van der Waals surface area contributed by atoms with E-state index in [0.717, 1.165) is 0 Å². The molecule has 70 heavy (non-hydrogen) atoms. The van der Waals surface area contributed by atoms with Crippen LogP contribution in [0, 0.1) is 0 Å². The maximum absolute atomic E-state index is 5.96. The van der Waals surface area contributed by atoms with Crippen LogP contribution in [-0.4, -0.2) is 14.4 Å². The molecule has 0 unspecified atom stereocenters. The first-order chi connectivity index (χ1) is 34.4. The van der Waals surface area contributed by atoms with Gasteiger partial charge in [0.05, 0.1) is 40.3 Å². The quantitative estimate of drug-likeness (QED) is 0.164. The average Bonchev–Trinajstić information content (AvgIpc) is 4.04. The Labute approximate surface area is 413 Å². The van der Waals surface area contributed by atoms with E-state index in [-0.39, 0.29) is 27.1 Å². The number of fused-ring (bicyclic) bond motifs is 23. The van der Waals surface area contributed by atoms with Crippen LogP contribution in [0.15, 0.2) is 116 Å². The maximum Gasteiger partial charge on any atom is 0.0728 e. The van der Waals surface area contributed by atoms with Gasteiger partial charge in [0.25, 0.3) is 0 Å². The number of aromatic nitrogens is 3. The highest BCUT2D eigenvalue weighted by molar-refractivity contribution is 6.26. The Bertz CT molecular complexity index is 3480. The van der Waals surface area contributed by atoms with Crippen LogP contribution in [0.4, 0.5) is 0 Å². The highest BCUT2D eigenvalue weighted by Gasteiger charge is 2.55. The van der Waals surface area contributed by atoms with Gasteiger partial charge >= 0.3 is 0 Å². The van der Waals surface area contributed by atoms with E-state index in [1.54, 1.807) is 33.4 Å². The van der Waals surface area contributed by atoms with Crippen molar-refractivity contribution in [3.8, 4) is 22.3 Å². The smallest absolute Gasteiger partial charge is 0.0728 e. The Morgan fingerprint density at radius 1 is 0.386 bits per heavy atom. The monoisotopic (exact) mass is 912 g/mol. The summed E-state index contributed by atoms with van der Waals surface area (Å²) in [5.74, 6) is 0. The Balaban J connectivity index is 1.07. The van der Waals surface area contributed by atoms with Crippen molar-refractivity contribution in [2.24, 2.45) is 0 Å². The molecule has 7 aliphatic carbocycles. The largest absolute Gasteiger partial charge is 0.305 e. The van der Waals surface area contributed by atoms with E-state index in [9.17, 15) is 0 Å². The molecule has 7 aliphatic rings. The van der Waals surface area contributed by atoms with Crippen molar-refractivity contribution in [3.05, 3.63) is 171 Å². The molecule has 0 radical (unpaired) electrons. The maximum atomic E-state index is 5.96. The second kappa shape index (κ2) is 14.2. The van der Waals surface area contributed by atoms with Gasteiger partial charge in [0, 0.05) is 48.6 Å². The fourth-order valence-electron chi connectivity index (χ4n) is 18.1. The molecule has 4 fully saturated rings. The second-order valence-electron chi connectivity index (χ2n) is 24.3. The summed E-state index contributed by atoms with van der Waals surface area (Å²) < 4.78 is 2.72. The fraction of sp³-hybridized carbons (Fsp3) is 0.403. The van der Waals surface area contributed by atoms with Gasteiger partial charge in [-0.2, -0.15) is 0 Å². The third-order valence-electron chi connectivity index (χ3n) is 21.0. The van der Waals surface area contributed by atoms with Gasteiger partial charge < -0.3 is 4.40 Å². The standard InChI is InChI=1S/C67H65N3/c1-63(2)48-22-8-7-21-44(48)45-28-27-42(39-53(45)63)43-37-46-56-54(40-68-61-58(56)64(29-13-3-14-30-64)49-23-9-11-25-51(49)66(61)33-17-5-18-34-66)70-55-41-69-62-59(57(55)47(38-43)60(46)70)65(31-15-4-16-32-65)50-24-10-12-26-52(50)67(62)35-19-6-20-36-67/h7-12,21-28,37-41H,3-6,13-20,29-36H2,1-2H3. The zero-order valence-electron chi connectivity index (χ0n) is 41.5. The molecule has 348 valence electrons. The first-order valence-corrected chi connectivity index (χ1v) is 27.9. The first kappa shape index (κ1) is 40.9. The highest BCUT2D eigenvalue weighted by atomic mass is 15.0. The third-order valence-corrected chi connectivity index (χ3v) is 21.0. The van der Waals surface area contributed by atoms with Crippen molar-refractivity contribution in [2.45, 2.75) is 169 Å². The van der Waals surface area contributed by atoms with Gasteiger partial charge in [-0.05, 0) is 136 Å². The molecule has 4 saturated carbocycles. The van der Waals surface area contributed by atoms with Crippen molar-refractivity contribution >= 4 is 38.1 Å². The lowest BCUT2D eigenvalue weighted by Crippen LogP contribution is -2.45. The molecule has 4 spiro atoms. The predicted molar refractivity (Wildman–Crippen MR) is 288 cm³/mol. The highest BCUT2D eigenvalue weighted by Crippen LogP contribution is 2.64. The van der Waals surface area contributed by atoms with Gasteiger partial charge in [-0.1, -0.05) is 176 Å². The van der Waals surface area contributed by atoms with E-state index < -0.39 is 0 Å². The van der Waals surface area contributed by atoms with Crippen LogP contribution >= 0.6 is 0 Å². The van der Waals surface area contributed by atoms with E-state index in [1.165, 1.54) is 211 Å². The van der Waals surface area contributed by atoms with Crippen molar-refractivity contribution in [1.29, 1.82) is 0 Å². The lowest BCUT2D eigenvalue weighted by Gasteiger charge is -2.52. The summed E-state index contributed by atoms with van der Waals surface area (Å²) in [5, 5.41) is 5.85. The van der Waals surface area contributed by atoms with Gasteiger partial charge in [0.1, 0.15) is 0 Å². The van der Waals surface area contributed by atoms with E-state index in [1.807, 2.05) is 0 Å². The van der Waals surface area contributed by atoms with Crippen LogP contribution in [0.2, 0.25) is 0 Å². The summed E-state index contributed by atoms with van der Waals surface area (Å²) in [7, 11) is 0. The van der Waals surface area contributed by atoms with Gasteiger partial charge in [-0.15, -0.1) is 0 Å². The first-order valence-electron chi connectivity index (χ1n) is 27.9. The summed E-state index contributed by atoms with van der Waals surface area (Å²) in [6.45, 7) is 4.88. The molecule has 4 heterocycles. The minimum atomic E-state index is -0.0783. The van der Waals surface area contributed by atoms with Gasteiger partial charge in [-0.3, -0.25) is 9.97 Å². The molecule has 0 atom stereocenters. The van der Waals surface area contributed by atoms with Crippen LogP contribution in [0.5, 0.6) is 0 Å². The lowest BCUT2D eigenvalue weighted by molar-refractivity contribution is 0.281. The topological polar surface area (TPSA) is 30.2 Å². The van der Waals surface area contributed by atoms with Crippen LogP contribution in [-0.2, 0) is 27.1 Å². The third kappa shape index (κ3) is 4.89. The summed E-state index contributed by atoms with van der Waals surface area (Å²) in [4.78, 5) is 11.9. The van der Waals surface area contributed by atoms with Crippen molar-refractivity contribution < 1.29 is 0 Å². The molecule has 9 aromatic rings. The molecular formula is C67H65N3. The van der Waals surface area contributed by atoms with Crippen molar-refractivity contribution in [3.63, 3.8) is 0 Å². The molecule has 16 rings (SSSR count). The summed E-state index contributed by atoms with van der Waals surface area (Å²) in [5.41, 5.74) is 24.6. The summed E-state index contributed by atoms with van der Waals surface area (Å²) in [6.07, 6.45) is 29.7. The Morgan fingerprint density at radius 2 is 0.786 bits per heavy atom. The minimum absolute atomic E-state index is 0.0474. The van der Waals surface area contributed by atoms with Gasteiger partial charge in [-0.25, -0.2) is 0 Å². The molecule has 0 aliphatic heterocycles. The SMILES string of the molecule is CC1(C)c2ccccc2-c2ccc(-c3cc4c5c6c(ncc5n5c7cnc8c(c7c(c3)c45)C3(CCCCC3)c3ccccc3C83CCCCC3)C3(CCCCC3)c3ccccc3C63CCCCC3)cc21. The molecule has 3 nitrogen and oxygen atoms in total. The molecule has 3 heteroatoms. The fourth-order valence-corrected chi connectivity index (χ4v) is 18.1. The molecule has 0 saturated heterocycles. The number of pyridine rings is 2. The molecule has 0 amide bonds. The zero-order valence-corrected chi connectivity index (χ0v) is 41.5. The van der Waals surface area contributed by atoms with Crippen LogP contribution in [0.3, 0.4) is 0 Å².